The van der Waals surface area contributed by atoms with E-state index in [0.717, 1.165) is 25.7 Å². The molecule has 4 N–H and O–H groups in total. The zero-order valence-electron chi connectivity index (χ0n) is 15.8. The number of hydrogen-bond donors (Lipinski definition) is 2. The lowest BCUT2D eigenvalue weighted by molar-refractivity contribution is -0.188. The summed E-state index contributed by atoms with van der Waals surface area (Å²) in [7, 11) is 0. The minimum Gasteiger partial charge on any atom is -0.369 e. The summed E-state index contributed by atoms with van der Waals surface area (Å²) in [4.78, 5) is 0. The van der Waals surface area contributed by atoms with Crippen LogP contribution >= 0.6 is 37.2 Å². The lowest BCUT2D eigenvalue weighted by Gasteiger charge is -2.26. The third-order valence-corrected chi connectivity index (χ3v) is 4.40. The SMILES string of the molecule is Cl.Cl.Cl.NC1CCC(OCC(F)(F)F)CC1.NC1CCC(OCC(F)(F)F)CC1. The van der Waals surface area contributed by atoms with Gasteiger partial charge in [0, 0.05) is 12.1 Å². The second-order valence-corrected chi connectivity index (χ2v) is 6.93. The van der Waals surface area contributed by atoms with Crippen LogP contribution in [0.1, 0.15) is 51.4 Å². The van der Waals surface area contributed by atoms with Crippen LogP contribution in [0.3, 0.4) is 0 Å². The summed E-state index contributed by atoms with van der Waals surface area (Å²) in [5.74, 6) is 0. The van der Waals surface area contributed by atoms with Gasteiger partial charge in [-0.15, -0.1) is 37.2 Å². The van der Waals surface area contributed by atoms with E-state index >= 15 is 0 Å². The van der Waals surface area contributed by atoms with Gasteiger partial charge in [-0.25, -0.2) is 0 Å². The normalized spacial score (nSPS) is 27.3. The van der Waals surface area contributed by atoms with Gasteiger partial charge in [-0.1, -0.05) is 0 Å². The number of rotatable bonds is 4. The molecule has 0 amide bonds. The lowest BCUT2D eigenvalue weighted by atomic mass is 9.94. The highest BCUT2D eigenvalue weighted by molar-refractivity contribution is 5.86. The Hall–Kier alpha value is 0.290. The third kappa shape index (κ3) is 18.8. The fraction of sp³-hybridized carbons (Fsp3) is 1.00. The minimum atomic E-state index is -4.21. The summed E-state index contributed by atoms with van der Waals surface area (Å²) in [6.07, 6.45) is -3.25. The highest BCUT2D eigenvalue weighted by Gasteiger charge is 2.31. The summed E-state index contributed by atoms with van der Waals surface area (Å²) in [6.45, 7) is -2.26. The number of alkyl halides is 6. The fourth-order valence-corrected chi connectivity index (χ4v) is 2.94. The average Bonchev–Trinajstić information content (AvgIpc) is 2.53. The van der Waals surface area contributed by atoms with Crippen LogP contribution in [-0.4, -0.2) is 49.9 Å². The first-order valence-electron chi connectivity index (χ1n) is 8.82. The largest absolute Gasteiger partial charge is 0.411 e. The van der Waals surface area contributed by atoms with E-state index in [1.807, 2.05) is 0 Å². The molecule has 4 nitrogen and oxygen atoms in total. The maximum Gasteiger partial charge on any atom is 0.411 e. The zero-order valence-corrected chi connectivity index (χ0v) is 18.3. The summed E-state index contributed by atoms with van der Waals surface area (Å²) in [6, 6.07) is 0.288. The molecule has 0 spiro atoms. The molecule has 2 aliphatic carbocycles. The minimum absolute atomic E-state index is 0. The second kappa shape index (κ2) is 16.0. The molecule has 2 saturated carbocycles. The molecule has 2 rings (SSSR count). The molecule has 0 unspecified atom stereocenters. The average molecular weight is 504 g/mol. The van der Waals surface area contributed by atoms with Crippen LogP contribution in [0.25, 0.3) is 0 Å². The molecule has 0 atom stereocenters. The first-order valence-corrected chi connectivity index (χ1v) is 8.82. The van der Waals surface area contributed by atoms with Gasteiger partial charge in [0.15, 0.2) is 0 Å². The standard InChI is InChI=1S/2C8H14F3NO.3ClH/c2*9-8(10,11)5-13-7-3-1-6(12)2-4-7;;;/h2*6-7H,1-5,12H2;3*1H. The summed E-state index contributed by atoms with van der Waals surface area (Å²) in [5.41, 5.74) is 11.2. The van der Waals surface area contributed by atoms with Crippen molar-refractivity contribution in [1.29, 1.82) is 0 Å². The van der Waals surface area contributed by atoms with E-state index in [-0.39, 0.29) is 61.5 Å². The van der Waals surface area contributed by atoms with Gasteiger partial charge in [0.05, 0.1) is 12.2 Å². The van der Waals surface area contributed by atoms with Gasteiger partial charge in [-0.3, -0.25) is 0 Å². The molecule has 0 aromatic carbocycles. The monoisotopic (exact) mass is 502 g/mol. The first-order chi connectivity index (χ1) is 11.9. The Kier molecular flexibility index (Phi) is 18.7. The molecule has 29 heavy (non-hydrogen) atoms. The molecule has 0 aromatic heterocycles. The highest BCUT2D eigenvalue weighted by atomic mass is 35.5. The quantitative estimate of drug-likeness (QED) is 0.534. The number of hydrogen-bond acceptors (Lipinski definition) is 4. The van der Waals surface area contributed by atoms with Gasteiger partial charge in [0.2, 0.25) is 0 Å². The summed E-state index contributed by atoms with van der Waals surface area (Å²) >= 11 is 0. The molecular formula is C16H31Cl3F6N2O2. The lowest BCUT2D eigenvalue weighted by Crippen LogP contribution is -2.32. The Bertz CT molecular complexity index is 354. The van der Waals surface area contributed by atoms with E-state index < -0.39 is 25.6 Å². The van der Waals surface area contributed by atoms with Gasteiger partial charge in [0.25, 0.3) is 0 Å². The maximum absolute atomic E-state index is 11.7. The van der Waals surface area contributed by atoms with Crippen molar-refractivity contribution in [1.82, 2.24) is 0 Å². The number of ether oxygens (including phenoxy) is 2. The number of nitrogens with two attached hydrogens (primary N) is 2. The molecule has 180 valence electrons. The fourth-order valence-electron chi connectivity index (χ4n) is 2.94. The van der Waals surface area contributed by atoms with E-state index in [1.54, 1.807) is 0 Å². The van der Waals surface area contributed by atoms with E-state index in [0.29, 0.717) is 25.7 Å². The predicted octanol–water partition coefficient (Wildman–Crippen LogP) is 4.94. The van der Waals surface area contributed by atoms with Crippen LogP contribution in [0.5, 0.6) is 0 Å². The van der Waals surface area contributed by atoms with Gasteiger partial charge >= 0.3 is 12.4 Å². The highest BCUT2D eigenvalue weighted by Crippen LogP contribution is 2.24. The van der Waals surface area contributed by atoms with Crippen molar-refractivity contribution in [3.63, 3.8) is 0 Å². The second-order valence-electron chi connectivity index (χ2n) is 6.93. The van der Waals surface area contributed by atoms with Crippen molar-refractivity contribution in [3.05, 3.63) is 0 Å². The van der Waals surface area contributed by atoms with Gasteiger partial charge < -0.3 is 20.9 Å². The molecule has 0 aromatic rings. The Morgan fingerprint density at radius 3 is 1.00 bits per heavy atom. The molecule has 0 aliphatic heterocycles. The Morgan fingerprint density at radius 2 is 0.793 bits per heavy atom. The molecule has 0 bridgehead atoms. The van der Waals surface area contributed by atoms with Crippen molar-refractivity contribution in [2.75, 3.05) is 13.2 Å². The van der Waals surface area contributed by atoms with Gasteiger partial charge in [-0.05, 0) is 51.4 Å². The molecule has 0 radical (unpaired) electrons. The van der Waals surface area contributed by atoms with Crippen LogP contribution in [0.4, 0.5) is 26.3 Å². The Morgan fingerprint density at radius 1 is 0.552 bits per heavy atom. The summed E-state index contributed by atoms with van der Waals surface area (Å²) < 4.78 is 79.9. The molecule has 0 heterocycles. The zero-order chi connectivity index (χ0) is 19.8. The Balaban J connectivity index is -0.000000422. The number of halogens is 9. The predicted molar refractivity (Wildman–Crippen MR) is 106 cm³/mol. The topological polar surface area (TPSA) is 70.5 Å². The van der Waals surface area contributed by atoms with Crippen LogP contribution < -0.4 is 11.5 Å². The van der Waals surface area contributed by atoms with E-state index in [1.165, 1.54) is 0 Å². The van der Waals surface area contributed by atoms with Crippen molar-refractivity contribution >= 4 is 37.2 Å². The van der Waals surface area contributed by atoms with Crippen molar-refractivity contribution in [2.24, 2.45) is 11.5 Å². The maximum atomic E-state index is 11.7. The molecule has 0 saturated heterocycles. The van der Waals surface area contributed by atoms with Crippen LogP contribution in [-0.2, 0) is 9.47 Å². The third-order valence-electron chi connectivity index (χ3n) is 4.40. The van der Waals surface area contributed by atoms with Gasteiger partial charge in [0.1, 0.15) is 13.2 Å². The van der Waals surface area contributed by atoms with Crippen molar-refractivity contribution in [3.8, 4) is 0 Å². The van der Waals surface area contributed by atoms with Crippen molar-refractivity contribution < 1.29 is 35.8 Å². The Labute approximate surface area is 186 Å². The van der Waals surface area contributed by atoms with E-state index in [2.05, 4.69) is 0 Å². The van der Waals surface area contributed by atoms with Crippen LogP contribution in [0, 0.1) is 0 Å². The van der Waals surface area contributed by atoms with Crippen LogP contribution in [0.2, 0.25) is 0 Å². The smallest absolute Gasteiger partial charge is 0.369 e. The van der Waals surface area contributed by atoms with Crippen LogP contribution in [0.15, 0.2) is 0 Å². The van der Waals surface area contributed by atoms with Crippen molar-refractivity contribution in [2.45, 2.75) is 88.0 Å². The molecule has 2 fully saturated rings. The van der Waals surface area contributed by atoms with Gasteiger partial charge in [-0.2, -0.15) is 26.3 Å². The van der Waals surface area contributed by atoms with E-state index in [4.69, 9.17) is 20.9 Å². The molecule has 2 aliphatic rings. The molecule has 13 heteroatoms. The summed E-state index contributed by atoms with van der Waals surface area (Å²) in [5, 5.41) is 0. The van der Waals surface area contributed by atoms with E-state index in [9.17, 15) is 26.3 Å². The first kappa shape index (κ1) is 33.9. The molecular weight excluding hydrogens is 473 g/mol.